The zero-order valence-corrected chi connectivity index (χ0v) is 11.9. The van der Waals surface area contributed by atoms with Crippen LogP contribution in [-0.4, -0.2) is 28.9 Å². The van der Waals surface area contributed by atoms with Gasteiger partial charge in [-0.15, -0.1) is 22.7 Å². The van der Waals surface area contributed by atoms with Crippen molar-refractivity contribution in [1.29, 1.82) is 0 Å². The van der Waals surface area contributed by atoms with Gasteiger partial charge in [0, 0.05) is 14.6 Å². The number of hydrogen-bond donors (Lipinski definition) is 2. The summed E-state index contributed by atoms with van der Waals surface area (Å²) < 4.78 is 4.68. The molecule has 4 nitrogen and oxygen atoms in total. The third kappa shape index (κ3) is 3.22. The van der Waals surface area contributed by atoms with Gasteiger partial charge >= 0.3 is 5.97 Å². The van der Waals surface area contributed by atoms with Gasteiger partial charge < -0.3 is 14.9 Å². The first-order valence-corrected chi connectivity index (χ1v) is 7.49. The maximum absolute atomic E-state index is 11.4. The molecule has 0 aliphatic rings. The molecule has 2 unspecified atom stereocenters. The molecule has 0 aromatic carbocycles. The van der Waals surface area contributed by atoms with Gasteiger partial charge in [0.2, 0.25) is 0 Å². The average molecular weight is 298 g/mol. The van der Waals surface area contributed by atoms with E-state index in [-0.39, 0.29) is 6.61 Å². The number of hydrogen-bond acceptors (Lipinski definition) is 6. The molecule has 0 saturated heterocycles. The number of ether oxygens (including phenoxy) is 1. The first-order valence-electron chi connectivity index (χ1n) is 5.80. The molecule has 2 atom stereocenters. The second-order valence-corrected chi connectivity index (χ2v) is 5.88. The van der Waals surface area contributed by atoms with Crippen molar-refractivity contribution in [2.75, 3.05) is 6.61 Å². The summed E-state index contributed by atoms with van der Waals surface area (Å²) in [6, 6.07) is 7.51. The molecule has 0 aliphatic carbocycles. The van der Waals surface area contributed by atoms with E-state index in [4.69, 9.17) is 0 Å². The van der Waals surface area contributed by atoms with E-state index in [0.29, 0.717) is 4.88 Å². The number of carbonyl (C=O) groups is 1. The summed E-state index contributed by atoms with van der Waals surface area (Å²) in [6.07, 6.45) is -2.80. The molecule has 19 heavy (non-hydrogen) atoms. The van der Waals surface area contributed by atoms with Gasteiger partial charge in [0.25, 0.3) is 0 Å². The minimum atomic E-state index is -1.55. The largest absolute Gasteiger partial charge is 0.464 e. The van der Waals surface area contributed by atoms with Crippen molar-refractivity contribution < 1.29 is 19.7 Å². The maximum Gasteiger partial charge on any atom is 0.338 e. The summed E-state index contributed by atoms with van der Waals surface area (Å²) >= 11 is 2.95. The van der Waals surface area contributed by atoms with Gasteiger partial charge in [0.1, 0.15) is 6.10 Å². The highest BCUT2D eigenvalue weighted by Gasteiger charge is 2.28. The molecule has 0 radical (unpaired) electrons. The Hall–Kier alpha value is -1.21. The third-order valence-corrected chi connectivity index (χ3v) is 4.73. The van der Waals surface area contributed by atoms with Crippen molar-refractivity contribution in [3.05, 3.63) is 34.5 Å². The van der Waals surface area contributed by atoms with E-state index < -0.39 is 18.2 Å². The summed E-state index contributed by atoms with van der Waals surface area (Å²) in [7, 11) is 0. The molecular weight excluding hydrogens is 284 g/mol. The second kappa shape index (κ2) is 6.29. The number of rotatable bonds is 5. The van der Waals surface area contributed by atoms with Gasteiger partial charge in [-0.25, -0.2) is 4.79 Å². The maximum atomic E-state index is 11.4. The van der Waals surface area contributed by atoms with Crippen LogP contribution in [0.25, 0.3) is 9.75 Å². The fourth-order valence-electron chi connectivity index (χ4n) is 1.58. The Bertz CT molecular complexity index is 533. The van der Waals surface area contributed by atoms with Crippen molar-refractivity contribution in [1.82, 2.24) is 0 Å². The SMILES string of the molecule is CCOC(=O)C(O)C(O)c1ccc(-c2cccs2)s1. The normalized spacial score (nSPS) is 14.1. The lowest BCUT2D eigenvalue weighted by Crippen LogP contribution is -2.29. The number of esters is 1. The molecule has 0 fully saturated rings. The Morgan fingerprint density at radius 2 is 2.11 bits per heavy atom. The molecule has 0 saturated carbocycles. The van der Waals surface area contributed by atoms with Gasteiger partial charge in [0.05, 0.1) is 6.61 Å². The highest BCUT2D eigenvalue weighted by molar-refractivity contribution is 7.21. The molecule has 2 heterocycles. The van der Waals surface area contributed by atoms with E-state index in [2.05, 4.69) is 4.74 Å². The predicted octanol–water partition coefficient (Wildman–Crippen LogP) is 2.43. The van der Waals surface area contributed by atoms with Crippen molar-refractivity contribution in [3.63, 3.8) is 0 Å². The molecule has 2 aromatic rings. The van der Waals surface area contributed by atoms with E-state index in [1.807, 2.05) is 23.6 Å². The van der Waals surface area contributed by atoms with Gasteiger partial charge in [0.15, 0.2) is 6.10 Å². The third-order valence-electron chi connectivity index (χ3n) is 2.51. The van der Waals surface area contributed by atoms with Crippen LogP contribution in [0.3, 0.4) is 0 Å². The quantitative estimate of drug-likeness (QED) is 0.832. The van der Waals surface area contributed by atoms with Gasteiger partial charge in [-0.3, -0.25) is 0 Å². The van der Waals surface area contributed by atoms with Crippen LogP contribution in [-0.2, 0) is 9.53 Å². The van der Waals surface area contributed by atoms with Crippen LogP contribution in [0.5, 0.6) is 0 Å². The molecule has 0 aliphatic heterocycles. The van der Waals surface area contributed by atoms with Crippen molar-refractivity contribution >= 4 is 28.6 Å². The lowest BCUT2D eigenvalue weighted by Gasteiger charge is -2.14. The number of thiophene rings is 2. The molecule has 0 amide bonds. The fourth-order valence-corrected chi connectivity index (χ4v) is 3.43. The average Bonchev–Trinajstić information content (AvgIpc) is 3.07. The van der Waals surface area contributed by atoms with E-state index >= 15 is 0 Å². The van der Waals surface area contributed by atoms with Crippen LogP contribution in [0.15, 0.2) is 29.6 Å². The number of aliphatic hydroxyl groups is 2. The molecule has 2 rings (SSSR count). The van der Waals surface area contributed by atoms with Crippen LogP contribution in [0.2, 0.25) is 0 Å². The summed E-state index contributed by atoms with van der Waals surface area (Å²) in [5.74, 6) is -0.805. The number of aliphatic hydroxyl groups excluding tert-OH is 2. The minimum absolute atomic E-state index is 0.174. The summed E-state index contributed by atoms with van der Waals surface area (Å²) in [5, 5.41) is 21.6. The van der Waals surface area contributed by atoms with Gasteiger partial charge in [-0.05, 0) is 30.5 Å². The zero-order chi connectivity index (χ0) is 13.8. The minimum Gasteiger partial charge on any atom is -0.464 e. The Labute approximate surface area is 118 Å². The summed E-state index contributed by atoms with van der Waals surface area (Å²) in [6.45, 7) is 1.82. The lowest BCUT2D eigenvalue weighted by atomic mass is 10.2. The van der Waals surface area contributed by atoms with E-state index in [0.717, 1.165) is 9.75 Å². The Balaban J connectivity index is 2.12. The van der Waals surface area contributed by atoms with Gasteiger partial charge in [-0.1, -0.05) is 6.07 Å². The molecule has 0 bridgehead atoms. The number of carbonyl (C=O) groups excluding carboxylic acids is 1. The highest BCUT2D eigenvalue weighted by atomic mass is 32.1. The van der Waals surface area contributed by atoms with E-state index in [1.165, 1.54) is 11.3 Å². The molecule has 2 aromatic heterocycles. The highest BCUT2D eigenvalue weighted by Crippen LogP contribution is 2.34. The van der Waals surface area contributed by atoms with Crippen LogP contribution in [0.4, 0.5) is 0 Å². The molecule has 0 spiro atoms. The van der Waals surface area contributed by atoms with Crippen LogP contribution >= 0.6 is 22.7 Å². The molecule has 2 N–H and O–H groups in total. The smallest absolute Gasteiger partial charge is 0.338 e. The zero-order valence-electron chi connectivity index (χ0n) is 10.3. The monoisotopic (exact) mass is 298 g/mol. The van der Waals surface area contributed by atoms with Crippen molar-refractivity contribution in [2.45, 2.75) is 19.1 Å². The Kier molecular flexibility index (Phi) is 4.71. The fraction of sp³-hybridized carbons (Fsp3) is 0.308. The first kappa shape index (κ1) is 14.2. The summed E-state index contributed by atoms with van der Waals surface area (Å²) in [4.78, 5) is 14.0. The van der Waals surface area contributed by atoms with Gasteiger partial charge in [-0.2, -0.15) is 0 Å². The standard InChI is InChI=1S/C13H14O4S2/c1-2-17-13(16)12(15)11(14)10-6-5-9(19-10)8-4-3-7-18-8/h3-7,11-12,14-15H,2H2,1H3. The van der Waals surface area contributed by atoms with Crippen molar-refractivity contribution in [2.24, 2.45) is 0 Å². The van der Waals surface area contributed by atoms with Crippen LogP contribution < -0.4 is 0 Å². The predicted molar refractivity (Wildman–Crippen MR) is 75.2 cm³/mol. The molecular formula is C13H14O4S2. The molecule has 6 heteroatoms. The summed E-state index contributed by atoms with van der Waals surface area (Å²) in [5.41, 5.74) is 0. The van der Waals surface area contributed by atoms with Crippen LogP contribution in [0, 0.1) is 0 Å². The first-order chi connectivity index (χ1) is 9.13. The Morgan fingerprint density at radius 3 is 2.74 bits per heavy atom. The van der Waals surface area contributed by atoms with E-state index in [1.54, 1.807) is 24.3 Å². The Morgan fingerprint density at radius 1 is 1.32 bits per heavy atom. The van der Waals surface area contributed by atoms with E-state index in [9.17, 15) is 15.0 Å². The topological polar surface area (TPSA) is 66.8 Å². The van der Waals surface area contributed by atoms with Crippen LogP contribution in [0.1, 0.15) is 17.9 Å². The lowest BCUT2D eigenvalue weighted by molar-refractivity contribution is -0.159. The molecule has 102 valence electrons. The second-order valence-electron chi connectivity index (χ2n) is 3.82. The van der Waals surface area contributed by atoms with Crippen molar-refractivity contribution in [3.8, 4) is 9.75 Å².